The molecule has 1 fully saturated rings. The first kappa shape index (κ1) is 13.5. The van der Waals surface area contributed by atoms with Gasteiger partial charge in [-0.15, -0.1) is 11.3 Å². The van der Waals surface area contributed by atoms with E-state index in [-0.39, 0.29) is 0 Å². The summed E-state index contributed by atoms with van der Waals surface area (Å²) in [6, 6.07) is 4.37. The van der Waals surface area contributed by atoms with Gasteiger partial charge in [0.15, 0.2) is 0 Å². The number of aryl methyl sites for hydroxylation is 1. The molecule has 1 aromatic carbocycles. The summed E-state index contributed by atoms with van der Waals surface area (Å²) in [5.74, 6) is 0. The van der Waals surface area contributed by atoms with Crippen LogP contribution in [0.15, 0.2) is 16.6 Å². The fourth-order valence-corrected chi connectivity index (χ4v) is 4.33. The molecule has 1 N–H and O–H groups in total. The van der Waals surface area contributed by atoms with Crippen LogP contribution in [0.4, 0.5) is 0 Å². The minimum absolute atomic E-state index is 1.06. The number of rotatable bonds is 3. The smallest absolute Gasteiger partial charge is 0.0957 e. The zero-order valence-electron chi connectivity index (χ0n) is 11.1. The van der Waals surface area contributed by atoms with Gasteiger partial charge in [-0.25, -0.2) is 4.98 Å². The van der Waals surface area contributed by atoms with Crippen molar-refractivity contribution in [1.29, 1.82) is 0 Å². The summed E-state index contributed by atoms with van der Waals surface area (Å²) in [7, 11) is 0. The average Bonchev–Trinajstić information content (AvgIpc) is 2.81. The van der Waals surface area contributed by atoms with E-state index in [4.69, 9.17) is 4.98 Å². The van der Waals surface area contributed by atoms with Gasteiger partial charge in [-0.1, -0.05) is 0 Å². The molecule has 3 rings (SSSR count). The number of aromatic nitrogens is 1. The van der Waals surface area contributed by atoms with Gasteiger partial charge in [0, 0.05) is 43.6 Å². The lowest BCUT2D eigenvalue weighted by Gasteiger charge is -2.26. The molecule has 2 aromatic rings. The molecular formula is C14H18BrN3S. The zero-order valence-corrected chi connectivity index (χ0v) is 13.5. The largest absolute Gasteiger partial charge is 0.314 e. The minimum atomic E-state index is 1.06. The van der Waals surface area contributed by atoms with Crippen LogP contribution in [0.5, 0.6) is 0 Å². The second-order valence-corrected chi connectivity index (χ2v) is 7.01. The maximum Gasteiger partial charge on any atom is 0.0957 e. The summed E-state index contributed by atoms with van der Waals surface area (Å²) in [5, 5.41) is 4.64. The van der Waals surface area contributed by atoms with E-state index in [0.29, 0.717) is 0 Å². The third-order valence-corrected chi connectivity index (χ3v) is 5.16. The van der Waals surface area contributed by atoms with Gasteiger partial charge in [-0.3, -0.25) is 0 Å². The molecule has 2 heterocycles. The van der Waals surface area contributed by atoms with Gasteiger partial charge >= 0.3 is 0 Å². The third-order valence-electron chi connectivity index (χ3n) is 3.49. The van der Waals surface area contributed by atoms with Crippen molar-refractivity contribution in [3.8, 4) is 0 Å². The summed E-state index contributed by atoms with van der Waals surface area (Å²) < 4.78 is 2.41. The standard InChI is InChI=1S/C14H18BrN3S/c1-10-8-11(15)14-12(9-10)19-13(17-14)2-5-18-6-3-16-4-7-18/h8-9,16H,2-7H2,1H3. The maximum absolute atomic E-state index is 4.77. The second-order valence-electron chi connectivity index (χ2n) is 5.04. The molecule has 0 saturated carbocycles. The van der Waals surface area contributed by atoms with Crippen LogP contribution >= 0.6 is 27.3 Å². The summed E-state index contributed by atoms with van der Waals surface area (Å²) in [6.07, 6.45) is 1.06. The Labute approximate surface area is 126 Å². The lowest BCUT2D eigenvalue weighted by atomic mass is 10.2. The number of benzene rings is 1. The highest BCUT2D eigenvalue weighted by Crippen LogP contribution is 2.30. The fourth-order valence-electron chi connectivity index (χ4n) is 2.46. The van der Waals surface area contributed by atoms with Gasteiger partial charge in [0.25, 0.3) is 0 Å². The molecule has 5 heteroatoms. The highest BCUT2D eigenvalue weighted by Gasteiger charge is 2.12. The van der Waals surface area contributed by atoms with Crippen LogP contribution in [0.25, 0.3) is 10.2 Å². The summed E-state index contributed by atoms with van der Waals surface area (Å²) in [6.45, 7) is 7.80. The zero-order chi connectivity index (χ0) is 13.2. The minimum Gasteiger partial charge on any atom is -0.314 e. The van der Waals surface area contributed by atoms with E-state index in [2.05, 4.69) is 45.2 Å². The Hall–Kier alpha value is -0.490. The third kappa shape index (κ3) is 3.16. The van der Waals surface area contributed by atoms with E-state index >= 15 is 0 Å². The Morgan fingerprint density at radius 2 is 2.16 bits per heavy atom. The normalized spacial score (nSPS) is 17.2. The highest BCUT2D eigenvalue weighted by atomic mass is 79.9. The van der Waals surface area contributed by atoms with Crippen molar-refractivity contribution in [2.24, 2.45) is 0 Å². The van der Waals surface area contributed by atoms with Crippen molar-refractivity contribution >= 4 is 37.5 Å². The van der Waals surface area contributed by atoms with E-state index < -0.39 is 0 Å². The predicted octanol–water partition coefficient (Wildman–Crippen LogP) is 2.81. The first-order chi connectivity index (χ1) is 9.22. The topological polar surface area (TPSA) is 28.2 Å². The molecule has 0 radical (unpaired) electrons. The molecule has 0 bridgehead atoms. The van der Waals surface area contributed by atoms with Crippen LogP contribution in [-0.2, 0) is 6.42 Å². The Morgan fingerprint density at radius 3 is 2.95 bits per heavy atom. The fraction of sp³-hybridized carbons (Fsp3) is 0.500. The highest BCUT2D eigenvalue weighted by molar-refractivity contribution is 9.10. The number of nitrogens with one attached hydrogen (secondary N) is 1. The SMILES string of the molecule is Cc1cc(Br)c2nc(CCN3CCNCC3)sc2c1. The number of hydrogen-bond donors (Lipinski definition) is 1. The van der Waals surface area contributed by atoms with Gasteiger partial charge in [0.1, 0.15) is 0 Å². The number of piperazine rings is 1. The monoisotopic (exact) mass is 339 g/mol. The van der Waals surface area contributed by atoms with Gasteiger partial charge in [0.2, 0.25) is 0 Å². The molecular weight excluding hydrogens is 322 g/mol. The van der Waals surface area contributed by atoms with Gasteiger partial charge < -0.3 is 10.2 Å². The van der Waals surface area contributed by atoms with E-state index in [1.165, 1.54) is 15.3 Å². The molecule has 1 aliphatic rings. The summed E-state index contributed by atoms with van der Waals surface area (Å²) in [4.78, 5) is 7.28. The Balaban J connectivity index is 1.72. The van der Waals surface area contributed by atoms with E-state index in [0.717, 1.165) is 49.1 Å². The van der Waals surface area contributed by atoms with Gasteiger partial charge in [-0.05, 0) is 40.5 Å². The maximum atomic E-state index is 4.77. The number of nitrogens with zero attached hydrogens (tertiary/aromatic N) is 2. The second kappa shape index (κ2) is 5.87. The molecule has 19 heavy (non-hydrogen) atoms. The summed E-state index contributed by atoms with van der Waals surface area (Å²) in [5.41, 5.74) is 2.41. The number of halogens is 1. The number of thiazole rings is 1. The molecule has 0 atom stereocenters. The lowest BCUT2D eigenvalue weighted by Crippen LogP contribution is -2.44. The van der Waals surface area contributed by atoms with Crippen LogP contribution in [-0.4, -0.2) is 42.6 Å². The van der Waals surface area contributed by atoms with Crippen molar-refractivity contribution in [2.45, 2.75) is 13.3 Å². The molecule has 1 aromatic heterocycles. The van der Waals surface area contributed by atoms with Crippen LogP contribution in [0.1, 0.15) is 10.6 Å². The molecule has 1 saturated heterocycles. The first-order valence-electron chi connectivity index (χ1n) is 6.71. The number of fused-ring (bicyclic) bond motifs is 1. The van der Waals surface area contributed by atoms with Crippen molar-refractivity contribution in [2.75, 3.05) is 32.7 Å². The first-order valence-corrected chi connectivity index (χ1v) is 8.32. The van der Waals surface area contributed by atoms with Crippen molar-refractivity contribution in [3.63, 3.8) is 0 Å². The van der Waals surface area contributed by atoms with Crippen LogP contribution in [0.3, 0.4) is 0 Å². The Bertz CT molecular complexity index is 575. The molecule has 0 amide bonds. The molecule has 102 valence electrons. The average molecular weight is 340 g/mol. The lowest BCUT2D eigenvalue weighted by molar-refractivity contribution is 0.244. The molecule has 3 nitrogen and oxygen atoms in total. The van der Waals surface area contributed by atoms with Gasteiger partial charge in [-0.2, -0.15) is 0 Å². The van der Waals surface area contributed by atoms with Crippen molar-refractivity contribution < 1.29 is 0 Å². The van der Waals surface area contributed by atoms with E-state index in [1.807, 2.05) is 11.3 Å². The molecule has 0 unspecified atom stereocenters. The molecule has 0 spiro atoms. The van der Waals surface area contributed by atoms with E-state index in [1.54, 1.807) is 0 Å². The van der Waals surface area contributed by atoms with Crippen LogP contribution in [0, 0.1) is 6.92 Å². The molecule has 1 aliphatic heterocycles. The van der Waals surface area contributed by atoms with Crippen molar-refractivity contribution in [3.05, 3.63) is 27.2 Å². The van der Waals surface area contributed by atoms with E-state index in [9.17, 15) is 0 Å². The molecule has 0 aliphatic carbocycles. The number of hydrogen-bond acceptors (Lipinski definition) is 4. The van der Waals surface area contributed by atoms with Crippen molar-refractivity contribution in [1.82, 2.24) is 15.2 Å². The van der Waals surface area contributed by atoms with Crippen LogP contribution < -0.4 is 5.32 Å². The van der Waals surface area contributed by atoms with Crippen LogP contribution in [0.2, 0.25) is 0 Å². The summed E-state index contributed by atoms with van der Waals surface area (Å²) >= 11 is 5.44. The quantitative estimate of drug-likeness (QED) is 0.931. The Morgan fingerprint density at radius 1 is 1.37 bits per heavy atom. The Kier molecular flexibility index (Phi) is 4.17. The van der Waals surface area contributed by atoms with Gasteiger partial charge in [0.05, 0.1) is 15.2 Å². The predicted molar refractivity (Wildman–Crippen MR) is 85.1 cm³/mol.